The van der Waals surface area contributed by atoms with E-state index in [-0.39, 0.29) is 11.8 Å². The van der Waals surface area contributed by atoms with Gasteiger partial charge in [0.25, 0.3) is 0 Å². The number of rotatable bonds is 10. The molecule has 1 fully saturated rings. The smallest absolute Gasteiger partial charge is 0.244 e. The third-order valence-corrected chi connectivity index (χ3v) is 6.73. The zero-order valence-corrected chi connectivity index (χ0v) is 22.7. The second-order valence-corrected chi connectivity index (χ2v) is 10.6. The molecule has 8 N–H and O–H groups in total. The quantitative estimate of drug-likeness (QED) is 0.200. The molecule has 214 valence electrons. The number of nitrogens with zero attached hydrogens (tertiary/aromatic N) is 1. The number of primary amides is 1. The van der Waals surface area contributed by atoms with Crippen LogP contribution in [0.5, 0.6) is 5.88 Å². The first-order chi connectivity index (χ1) is 18.2. The summed E-state index contributed by atoms with van der Waals surface area (Å²) in [6.07, 6.45) is -3.71. The SMILES string of the molecule is Cc1cc(/C=C/C(=O)NC(C)(C)C(N)=O)ccc1Cc1c(O[C@@H]2O[C@H](CO)[C@@H](O)[C@H](O)[C@H]2O)n[nH]c1C(C)C. The van der Waals surface area contributed by atoms with Crippen LogP contribution in [0.25, 0.3) is 6.08 Å². The maximum Gasteiger partial charge on any atom is 0.244 e. The van der Waals surface area contributed by atoms with Crippen molar-refractivity contribution in [3.05, 3.63) is 52.2 Å². The molecule has 5 atom stereocenters. The molecule has 0 saturated carbocycles. The zero-order chi connectivity index (χ0) is 29.1. The number of amides is 2. The van der Waals surface area contributed by atoms with E-state index in [1.165, 1.54) is 19.9 Å². The highest BCUT2D eigenvalue weighted by Gasteiger charge is 2.45. The van der Waals surface area contributed by atoms with Crippen molar-refractivity contribution in [2.24, 2.45) is 5.73 Å². The van der Waals surface area contributed by atoms with Gasteiger partial charge in [0, 0.05) is 23.8 Å². The summed E-state index contributed by atoms with van der Waals surface area (Å²) in [4.78, 5) is 23.6. The Kier molecular flexibility index (Phi) is 9.51. The van der Waals surface area contributed by atoms with Gasteiger partial charge in [-0.3, -0.25) is 14.7 Å². The standard InChI is InChI=1S/C27H38N4O8/c1-13(2)20-17(24(31-30-20)39-25-23(36)22(35)21(34)18(12-32)38-25)11-16-8-6-15(10-14(16)3)7-9-19(33)29-27(4,5)26(28)37/h6-10,13,18,21-23,25,32,34-36H,11-12H2,1-5H3,(H2,28,37)(H,29,33)(H,30,31)/b9-7+/t18-,21-,22+,23-,25+/m1/s1. The van der Waals surface area contributed by atoms with Crippen LogP contribution in [0.2, 0.25) is 0 Å². The Morgan fingerprint density at radius 1 is 1.23 bits per heavy atom. The van der Waals surface area contributed by atoms with Crippen molar-refractivity contribution in [3.63, 3.8) is 0 Å². The van der Waals surface area contributed by atoms with Crippen molar-refractivity contribution in [1.29, 1.82) is 0 Å². The van der Waals surface area contributed by atoms with Crippen LogP contribution in [0.4, 0.5) is 0 Å². The van der Waals surface area contributed by atoms with Gasteiger partial charge >= 0.3 is 0 Å². The average Bonchev–Trinajstić information content (AvgIpc) is 3.26. The Hall–Kier alpha value is -3.29. The number of aromatic amines is 1. The average molecular weight is 547 g/mol. The molecule has 2 amide bonds. The molecular formula is C27H38N4O8. The van der Waals surface area contributed by atoms with E-state index in [2.05, 4.69) is 15.5 Å². The first kappa shape index (κ1) is 30.3. The Morgan fingerprint density at radius 2 is 1.92 bits per heavy atom. The number of carbonyl (C=O) groups is 2. The van der Waals surface area contributed by atoms with Crippen LogP contribution < -0.4 is 15.8 Å². The summed E-state index contributed by atoms with van der Waals surface area (Å²) in [5.41, 5.74) is 8.32. The lowest BCUT2D eigenvalue weighted by Crippen LogP contribution is -2.60. The van der Waals surface area contributed by atoms with Crippen molar-refractivity contribution in [2.45, 2.75) is 83.2 Å². The van der Waals surface area contributed by atoms with Gasteiger partial charge in [-0.05, 0) is 49.5 Å². The van der Waals surface area contributed by atoms with E-state index in [1.54, 1.807) is 6.08 Å². The van der Waals surface area contributed by atoms with Crippen LogP contribution in [0, 0.1) is 6.92 Å². The summed E-state index contributed by atoms with van der Waals surface area (Å²) in [7, 11) is 0. The van der Waals surface area contributed by atoms with Gasteiger partial charge in [0.15, 0.2) is 0 Å². The lowest BCUT2D eigenvalue weighted by molar-refractivity contribution is -0.278. The molecule has 12 nitrogen and oxygen atoms in total. The maximum absolute atomic E-state index is 12.2. The van der Waals surface area contributed by atoms with Crippen molar-refractivity contribution in [3.8, 4) is 5.88 Å². The van der Waals surface area contributed by atoms with Crippen molar-refractivity contribution < 1.29 is 39.5 Å². The van der Waals surface area contributed by atoms with Crippen LogP contribution in [0.1, 0.15) is 61.6 Å². The fourth-order valence-corrected chi connectivity index (χ4v) is 4.18. The molecule has 0 radical (unpaired) electrons. The summed E-state index contributed by atoms with van der Waals surface area (Å²) in [6.45, 7) is 8.38. The number of hydrogen-bond donors (Lipinski definition) is 7. The van der Waals surface area contributed by atoms with E-state index in [9.17, 15) is 30.0 Å². The van der Waals surface area contributed by atoms with Gasteiger partial charge in [0.1, 0.15) is 30.0 Å². The van der Waals surface area contributed by atoms with E-state index >= 15 is 0 Å². The number of benzene rings is 1. The van der Waals surface area contributed by atoms with Gasteiger partial charge in [-0.1, -0.05) is 32.0 Å². The predicted octanol–water partition coefficient (Wildman–Crippen LogP) is 0.00432. The number of carbonyl (C=O) groups excluding carboxylic acids is 2. The molecule has 1 aliphatic heterocycles. The summed E-state index contributed by atoms with van der Waals surface area (Å²) in [6, 6.07) is 5.67. The number of H-pyrrole nitrogens is 1. The van der Waals surface area contributed by atoms with E-state index in [0.717, 1.165) is 27.9 Å². The predicted molar refractivity (Wildman–Crippen MR) is 142 cm³/mol. The molecule has 3 rings (SSSR count). The zero-order valence-electron chi connectivity index (χ0n) is 22.7. The summed E-state index contributed by atoms with van der Waals surface area (Å²) < 4.78 is 11.3. The molecule has 0 unspecified atom stereocenters. The minimum Gasteiger partial charge on any atom is -0.443 e. The fourth-order valence-electron chi connectivity index (χ4n) is 4.18. The van der Waals surface area contributed by atoms with Crippen molar-refractivity contribution in [1.82, 2.24) is 15.5 Å². The third kappa shape index (κ3) is 7.02. The molecule has 0 bridgehead atoms. The van der Waals surface area contributed by atoms with Crippen LogP contribution in [0.15, 0.2) is 24.3 Å². The second-order valence-electron chi connectivity index (χ2n) is 10.6. The molecular weight excluding hydrogens is 508 g/mol. The van der Waals surface area contributed by atoms with E-state index in [1.807, 2.05) is 39.0 Å². The maximum atomic E-state index is 12.2. The number of aromatic nitrogens is 2. The Morgan fingerprint density at radius 3 is 2.51 bits per heavy atom. The number of aliphatic hydroxyl groups excluding tert-OH is 4. The first-order valence-corrected chi connectivity index (χ1v) is 12.7. The Labute approximate surface area is 226 Å². The first-order valence-electron chi connectivity index (χ1n) is 12.7. The molecule has 39 heavy (non-hydrogen) atoms. The van der Waals surface area contributed by atoms with E-state index in [0.29, 0.717) is 6.42 Å². The second kappa shape index (κ2) is 12.3. The third-order valence-electron chi connectivity index (χ3n) is 6.73. The Bertz CT molecular complexity index is 1210. The monoisotopic (exact) mass is 546 g/mol. The topological polar surface area (TPSA) is 200 Å². The molecule has 2 heterocycles. The van der Waals surface area contributed by atoms with Crippen LogP contribution in [0.3, 0.4) is 0 Å². The highest BCUT2D eigenvalue weighted by atomic mass is 16.7. The van der Waals surface area contributed by atoms with Gasteiger partial charge in [-0.2, -0.15) is 0 Å². The number of ether oxygens (including phenoxy) is 2. The molecule has 1 saturated heterocycles. The summed E-state index contributed by atoms with van der Waals surface area (Å²) >= 11 is 0. The Balaban J connectivity index is 1.80. The molecule has 1 aromatic heterocycles. The van der Waals surface area contributed by atoms with Crippen molar-refractivity contribution >= 4 is 17.9 Å². The lowest BCUT2D eigenvalue weighted by atomic mass is 9.95. The molecule has 1 aliphatic rings. The molecule has 0 spiro atoms. The minimum absolute atomic E-state index is 0.0605. The van der Waals surface area contributed by atoms with Gasteiger partial charge < -0.3 is 41.0 Å². The van der Waals surface area contributed by atoms with Gasteiger partial charge in [0.2, 0.25) is 24.0 Å². The summed E-state index contributed by atoms with van der Waals surface area (Å²) in [5, 5.41) is 49.8. The molecule has 0 aliphatic carbocycles. The van der Waals surface area contributed by atoms with Crippen LogP contribution >= 0.6 is 0 Å². The normalized spacial score (nSPS) is 23.8. The van der Waals surface area contributed by atoms with Crippen LogP contribution in [-0.4, -0.2) is 85.3 Å². The summed E-state index contributed by atoms with van der Waals surface area (Å²) in [5.74, 6) is -0.861. The highest BCUT2D eigenvalue weighted by molar-refractivity contribution is 5.96. The molecule has 2 aromatic rings. The van der Waals surface area contributed by atoms with E-state index < -0.39 is 54.7 Å². The number of nitrogens with two attached hydrogens (primary N) is 1. The minimum atomic E-state index is -1.57. The van der Waals surface area contributed by atoms with Gasteiger partial charge in [0.05, 0.1) is 6.61 Å². The fraction of sp³-hybridized carbons (Fsp3) is 0.519. The number of nitrogens with one attached hydrogen (secondary N) is 2. The van der Waals surface area contributed by atoms with Crippen LogP contribution in [-0.2, 0) is 20.7 Å². The molecule has 1 aromatic carbocycles. The highest BCUT2D eigenvalue weighted by Crippen LogP contribution is 2.32. The van der Waals surface area contributed by atoms with E-state index in [4.69, 9.17) is 15.2 Å². The number of aliphatic hydroxyl groups is 4. The number of aryl methyl sites for hydroxylation is 1. The van der Waals surface area contributed by atoms with Gasteiger partial charge in [-0.15, -0.1) is 5.10 Å². The largest absolute Gasteiger partial charge is 0.443 e. The van der Waals surface area contributed by atoms with Crippen molar-refractivity contribution in [2.75, 3.05) is 6.61 Å². The lowest BCUT2D eigenvalue weighted by Gasteiger charge is -2.39. The van der Waals surface area contributed by atoms with Gasteiger partial charge in [-0.25, -0.2) is 0 Å². The molecule has 12 heteroatoms. The number of hydrogen-bond acceptors (Lipinski definition) is 9.